The molecule has 0 aliphatic carbocycles. The van der Waals surface area contributed by atoms with Gasteiger partial charge in [-0.2, -0.15) is 0 Å². The lowest BCUT2D eigenvalue weighted by Gasteiger charge is -2.16. The van der Waals surface area contributed by atoms with E-state index in [4.69, 9.17) is 15.2 Å². The summed E-state index contributed by atoms with van der Waals surface area (Å²) in [6, 6.07) is 16.3. The second-order valence-corrected chi connectivity index (χ2v) is 5.51. The highest BCUT2D eigenvalue weighted by Gasteiger charge is 2.10. The van der Waals surface area contributed by atoms with Crippen LogP contribution in [0, 0.1) is 6.92 Å². The summed E-state index contributed by atoms with van der Waals surface area (Å²) in [5.41, 5.74) is 8.40. The third kappa shape index (κ3) is 4.78. The van der Waals surface area contributed by atoms with Gasteiger partial charge in [0.25, 0.3) is 0 Å². The van der Waals surface area contributed by atoms with Crippen LogP contribution in [0.15, 0.2) is 48.5 Å². The molecule has 0 fully saturated rings. The Kier molecular flexibility index (Phi) is 6.28. The molecule has 118 valence electrons. The van der Waals surface area contributed by atoms with Crippen LogP contribution in [0.4, 0.5) is 0 Å². The van der Waals surface area contributed by atoms with Gasteiger partial charge in [0.2, 0.25) is 0 Å². The Bertz CT molecular complexity index is 566. The predicted octanol–water partition coefficient (Wildman–Crippen LogP) is 3.91. The molecule has 0 bridgehead atoms. The number of hydrogen-bond donors (Lipinski definition) is 1. The van der Waals surface area contributed by atoms with Gasteiger partial charge < -0.3 is 15.2 Å². The van der Waals surface area contributed by atoms with E-state index in [1.54, 1.807) is 7.11 Å². The Morgan fingerprint density at radius 1 is 1.05 bits per heavy atom. The first-order chi connectivity index (χ1) is 10.7. The molecule has 2 rings (SSSR count). The minimum absolute atomic E-state index is 0.344. The molecule has 3 nitrogen and oxygen atoms in total. The quantitative estimate of drug-likeness (QED) is 0.752. The molecule has 0 amide bonds. The normalized spacial score (nSPS) is 12.0. The van der Waals surface area contributed by atoms with Crippen molar-refractivity contribution >= 4 is 0 Å². The Balaban J connectivity index is 1.82. The van der Waals surface area contributed by atoms with Crippen molar-refractivity contribution < 1.29 is 9.47 Å². The summed E-state index contributed by atoms with van der Waals surface area (Å²) in [5, 5.41) is 0. The molecule has 3 heteroatoms. The second kappa shape index (κ2) is 8.44. The van der Waals surface area contributed by atoms with Gasteiger partial charge in [-0.3, -0.25) is 0 Å². The van der Waals surface area contributed by atoms with Crippen molar-refractivity contribution in [2.24, 2.45) is 5.73 Å². The molecule has 2 aromatic rings. The van der Waals surface area contributed by atoms with Crippen molar-refractivity contribution in [1.82, 2.24) is 0 Å². The Morgan fingerprint density at radius 2 is 1.82 bits per heavy atom. The van der Waals surface area contributed by atoms with Crippen LogP contribution in [0.3, 0.4) is 0 Å². The maximum absolute atomic E-state index is 5.92. The molecule has 0 aliphatic heterocycles. The summed E-state index contributed by atoms with van der Waals surface area (Å²) >= 11 is 0. The Labute approximate surface area is 133 Å². The highest BCUT2D eigenvalue weighted by Crippen LogP contribution is 2.24. The van der Waals surface area contributed by atoms with E-state index in [-0.39, 0.29) is 0 Å². The lowest BCUT2D eigenvalue weighted by atomic mass is 9.94. The Hall–Kier alpha value is -2.00. The standard InChI is InChI=1S/C19H25NO2/c1-15-8-10-18(11-9-15)22-12-4-6-17(14-20)16-5-3-7-19(13-16)21-2/h3,5,7-11,13,17H,4,6,12,14,20H2,1-2H3. The molecule has 0 aromatic heterocycles. The minimum Gasteiger partial charge on any atom is -0.497 e. The molecule has 0 radical (unpaired) electrons. The third-order valence-corrected chi connectivity index (χ3v) is 3.84. The van der Waals surface area contributed by atoms with Gasteiger partial charge in [0.15, 0.2) is 0 Å². The number of hydrogen-bond acceptors (Lipinski definition) is 3. The summed E-state index contributed by atoms with van der Waals surface area (Å²) in [6.07, 6.45) is 1.99. The number of rotatable bonds is 8. The largest absolute Gasteiger partial charge is 0.497 e. The van der Waals surface area contributed by atoms with E-state index in [0.717, 1.165) is 24.3 Å². The van der Waals surface area contributed by atoms with E-state index < -0.39 is 0 Å². The van der Waals surface area contributed by atoms with E-state index in [9.17, 15) is 0 Å². The summed E-state index contributed by atoms with van der Waals surface area (Å²) in [7, 11) is 1.69. The van der Waals surface area contributed by atoms with Crippen LogP contribution < -0.4 is 15.2 Å². The number of nitrogens with two attached hydrogens (primary N) is 1. The molecule has 2 aromatic carbocycles. The average Bonchev–Trinajstić information content (AvgIpc) is 2.56. The van der Waals surface area contributed by atoms with Gasteiger partial charge in [0.05, 0.1) is 13.7 Å². The molecule has 0 spiro atoms. The van der Waals surface area contributed by atoms with E-state index >= 15 is 0 Å². The monoisotopic (exact) mass is 299 g/mol. The number of ether oxygens (including phenoxy) is 2. The van der Waals surface area contributed by atoms with Crippen molar-refractivity contribution in [3.8, 4) is 11.5 Å². The maximum Gasteiger partial charge on any atom is 0.119 e. The van der Waals surface area contributed by atoms with Crippen molar-refractivity contribution in [3.05, 3.63) is 59.7 Å². The number of aryl methyl sites for hydroxylation is 1. The van der Waals surface area contributed by atoms with Gasteiger partial charge in [0, 0.05) is 0 Å². The average molecular weight is 299 g/mol. The molecule has 22 heavy (non-hydrogen) atoms. The Morgan fingerprint density at radius 3 is 2.50 bits per heavy atom. The molecule has 1 atom stereocenters. The van der Waals surface area contributed by atoms with Crippen molar-refractivity contribution in [2.45, 2.75) is 25.7 Å². The van der Waals surface area contributed by atoms with Gasteiger partial charge in [-0.1, -0.05) is 29.8 Å². The zero-order chi connectivity index (χ0) is 15.8. The number of benzene rings is 2. The fourth-order valence-electron chi connectivity index (χ4n) is 2.47. The summed E-state index contributed by atoms with van der Waals surface area (Å²) in [6.45, 7) is 3.42. The molecular weight excluding hydrogens is 274 g/mol. The molecule has 2 N–H and O–H groups in total. The fraction of sp³-hybridized carbons (Fsp3) is 0.368. The molecule has 1 unspecified atom stereocenters. The third-order valence-electron chi connectivity index (χ3n) is 3.84. The zero-order valence-electron chi connectivity index (χ0n) is 13.4. The highest BCUT2D eigenvalue weighted by molar-refractivity contribution is 5.31. The van der Waals surface area contributed by atoms with Gasteiger partial charge in [0.1, 0.15) is 11.5 Å². The second-order valence-electron chi connectivity index (χ2n) is 5.51. The topological polar surface area (TPSA) is 44.5 Å². The summed E-state index contributed by atoms with van der Waals surface area (Å²) < 4.78 is 11.0. The smallest absolute Gasteiger partial charge is 0.119 e. The van der Waals surface area contributed by atoms with Crippen LogP contribution in [-0.4, -0.2) is 20.3 Å². The lowest BCUT2D eigenvalue weighted by molar-refractivity contribution is 0.301. The molecule has 0 aliphatic rings. The van der Waals surface area contributed by atoms with E-state index in [2.05, 4.69) is 31.2 Å². The molecule has 0 saturated carbocycles. The fourth-order valence-corrected chi connectivity index (χ4v) is 2.47. The van der Waals surface area contributed by atoms with Crippen molar-refractivity contribution in [2.75, 3.05) is 20.3 Å². The zero-order valence-corrected chi connectivity index (χ0v) is 13.4. The van der Waals surface area contributed by atoms with Crippen LogP contribution in [-0.2, 0) is 0 Å². The molecule has 0 saturated heterocycles. The first-order valence-electron chi connectivity index (χ1n) is 7.76. The van der Waals surface area contributed by atoms with Gasteiger partial charge in [-0.15, -0.1) is 0 Å². The van der Waals surface area contributed by atoms with Gasteiger partial charge in [-0.05, 0) is 62.1 Å². The van der Waals surface area contributed by atoms with Crippen molar-refractivity contribution in [1.29, 1.82) is 0 Å². The van der Waals surface area contributed by atoms with E-state index in [1.165, 1.54) is 11.1 Å². The summed E-state index contributed by atoms with van der Waals surface area (Å²) in [5.74, 6) is 2.15. The minimum atomic E-state index is 0.344. The first-order valence-corrected chi connectivity index (χ1v) is 7.76. The summed E-state index contributed by atoms with van der Waals surface area (Å²) in [4.78, 5) is 0. The van der Waals surface area contributed by atoms with E-state index in [1.807, 2.05) is 24.3 Å². The van der Waals surface area contributed by atoms with Crippen LogP contribution in [0.1, 0.15) is 29.9 Å². The predicted molar refractivity (Wildman–Crippen MR) is 90.7 cm³/mol. The molecular formula is C19H25NO2. The lowest BCUT2D eigenvalue weighted by Crippen LogP contribution is -2.13. The molecule has 0 heterocycles. The van der Waals surface area contributed by atoms with Crippen LogP contribution >= 0.6 is 0 Å². The van der Waals surface area contributed by atoms with Gasteiger partial charge in [-0.25, -0.2) is 0 Å². The SMILES string of the molecule is COc1cccc(C(CN)CCCOc2ccc(C)cc2)c1. The van der Waals surface area contributed by atoms with E-state index in [0.29, 0.717) is 19.1 Å². The van der Waals surface area contributed by atoms with Crippen LogP contribution in [0.5, 0.6) is 11.5 Å². The van der Waals surface area contributed by atoms with Crippen LogP contribution in [0.2, 0.25) is 0 Å². The van der Waals surface area contributed by atoms with Crippen molar-refractivity contribution in [3.63, 3.8) is 0 Å². The van der Waals surface area contributed by atoms with Crippen LogP contribution in [0.25, 0.3) is 0 Å². The highest BCUT2D eigenvalue weighted by atomic mass is 16.5. The number of methoxy groups -OCH3 is 1. The van der Waals surface area contributed by atoms with Gasteiger partial charge >= 0.3 is 0 Å². The maximum atomic E-state index is 5.92. The first kappa shape index (κ1) is 16.4.